The normalized spacial score (nSPS) is 12.8. The number of rotatable bonds is 7. The standard InChI is InChI=1S/C16H17ClN2O4S3/c1-3-23-9-8-19-12-5-4-11(22-2)10-13(12)24-16(19)18-26(20,21)15-7-6-14(17)25-15/h4-7,10H,3,8-9H2,1-2H3/b18-16-. The molecule has 0 saturated heterocycles. The number of methoxy groups -OCH3 is 1. The number of benzene rings is 1. The summed E-state index contributed by atoms with van der Waals surface area (Å²) in [5.41, 5.74) is 0.883. The first-order chi connectivity index (χ1) is 12.4. The Morgan fingerprint density at radius 3 is 2.69 bits per heavy atom. The SMILES string of the molecule is CCOCCn1/c(=N/S(=O)(=O)c2ccc(Cl)s2)sc2cc(OC)ccc21. The van der Waals surface area contributed by atoms with E-state index in [4.69, 9.17) is 21.1 Å². The maximum atomic E-state index is 12.6. The summed E-state index contributed by atoms with van der Waals surface area (Å²) in [5, 5.41) is 0. The number of thiazole rings is 1. The summed E-state index contributed by atoms with van der Waals surface area (Å²) in [6.07, 6.45) is 0. The first-order valence-corrected chi connectivity index (χ1v) is 11.2. The molecule has 0 radical (unpaired) electrons. The van der Waals surface area contributed by atoms with E-state index in [1.807, 2.05) is 29.7 Å². The zero-order valence-corrected chi connectivity index (χ0v) is 17.3. The highest BCUT2D eigenvalue weighted by Crippen LogP contribution is 2.27. The van der Waals surface area contributed by atoms with Crippen molar-refractivity contribution in [3.8, 4) is 5.75 Å². The summed E-state index contributed by atoms with van der Waals surface area (Å²) < 4.78 is 43.2. The molecule has 0 bridgehead atoms. The predicted molar refractivity (Wildman–Crippen MR) is 105 cm³/mol. The number of hydrogen-bond acceptors (Lipinski definition) is 6. The summed E-state index contributed by atoms with van der Waals surface area (Å²) in [7, 11) is -2.24. The van der Waals surface area contributed by atoms with Crippen LogP contribution in [-0.2, 0) is 21.3 Å². The van der Waals surface area contributed by atoms with Crippen molar-refractivity contribution < 1.29 is 17.9 Å². The number of halogens is 1. The van der Waals surface area contributed by atoms with E-state index in [1.165, 1.54) is 17.4 Å². The van der Waals surface area contributed by atoms with E-state index in [1.54, 1.807) is 13.2 Å². The van der Waals surface area contributed by atoms with Crippen LogP contribution in [0.15, 0.2) is 38.9 Å². The van der Waals surface area contributed by atoms with Crippen LogP contribution in [0.2, 0.25) is 4.34 Å². The van der Waals surface area contributed by atoms with Crippen LogP contribution in [0.5, 0.6) is 5.75 Å². The van der Waals surface area contributed by atoms with E-state index < -0.39 is 10.0 Å². The molecule has 10 heteroatoms. The predicted octanol–water partition coefficient (Wildman–Crippen LogP) is 3.75. The molecule has 0 aliphatic carbocycles. The average Bonchev–Trinajstić information content (AvgIpc) is 3.18. The van der Waals surface area contributed by atoms with Gasteiger partial charge in [-0.05, 0) is 37.3 Å². The van der Waals surface area contributed by atoms with Crippen molar-refractivity contribution in [2.24, 2.45) is 4.40 Å². The first-order valence-electron chi connectivity index (χ1n) is 7.76. The van der Waals surface area contributed by atoms with E-state index in [0.717, 1.165) is 21.6 Å². The highest BCUT2D eigenvalue weighted by atomic mass is 35.5. The van der Waals surface area contributed by atoms with Crippen LogP contribution >= 0.6 is 34.3 Å². The molecule has 0 saturated carbocycles. The van der Waals surface area contributed by atoms with Gasteiger partial charge in [0.2, 0.25) is 4.80 Å². The van der Waals surface area contributed by atoms with Crippen molar-refractivity contribution in [1.29, 1.82) is 0 Å². The molecule has 3 rings (SSSR count). The first kappa shape index (κ1) is 19.4. The number of nitrogens with zero attached hydrogens (tertiary/aromatic N) is 2. The minimum Gasteiger partial charge on any atom is -0.497 e. The maximum absolute atomic E-state index is 12.6. The lowest BCUT2D eigenvalue weighted by molar-refractivity contribution is 0.139. The fourth-order valence-corrected chi connectivity index (χ4v) is 6.10. The molecule has 0 spiro atoms. The van der Waals surface area contributed by atoms with Crippen LogP contribution in [0.25, 0.3) is 10.2 Å². The minimum atomic E-state index is -3.83. The molecule has 0 unspecified atom stereocenters. The van der Waals surface area contributed by atoms with Crippen LogP contribution in [0.1, 0.15) is 6.92 Å². The van der Waals surface area contributed by atoms with Crippen molar-refractivity contribution in [3.63, 3.8) is 0 Å². The smallest absolute Gasteiger partial charge is 0.294 e. The summed E-state index contributed by atoms with van der Waals surface area (Å²) in [5.74, 6) is 0.704. The molecule has 0 amide bonds. The Hall–Kier alpha value is -1.39. The van der Waals surface area contributed by atoms with Gasteiger partial charge in [0.05, 0.1) is 28.3 Å². The van der Waals surface area contributed by atoms with Gasteiger partial charge in [-0.1, -0.05) is 22.9 Å². The molecule has 26 heavy (non-hydrogen) atoms. The lowest BCUT2D eigenvalue weighted by Gasteiger charge is -2.06. The number of sulfonamides is 1. The van der Waals surface area contributed by atoms with Gasteiger partial charge in [0, 0.05) is 13.2 Å². The lowest BCUT2D eigenvalue weighted by atomic mass is 10.3. The highest BCUT2D eigenvalue weighted by Gasteiger charge is 2.17. The molecule has 1 aromatic carbocycles. The van der Waals surface area contributed by atoms with Crippen molar-refractivity contribution in [1.82, 2.24) is 4.57 Å². The fourth-order valence-electron chi connectivity index (χ4n) is 2.35. The van der Waals surface area contributed by atoms with Gasteiger partial charge in [0.1, 0.15) is 9.96 Å². The minimum absolute atomic E-state index is 0.119. The molecular formula is C16H17ClN2O4S3. The third-order valence-electron chi connectivity index (χ3n) is 3.55. The Labute approximate surface area is 164 Å². The van der Waals surface area contributed by atoms with E-state index >= 15 is 0 Å². The van der Waals surface area contributed by atoms with Crippen LogP contribution in [0, 0.1) is 0 Å². The lowest BCUT2D eigenvalue weighted by Crippen LogP contribution is -2.19. The van der Waals surface area contributed by atoms with Gasteiger partial charge in [-0.25, -0.2) is 0 Å². The third-order valence-corrected chi connectivity index (χ3v) is 7.68. The molecule has 140 valence electrons. The van der Waals surface area contributed by atoms with Gasteiger partial charge >= 0.3 is 0 Å². The van der Waals surface area contributed by atoms with Crippen molar-refractivity contribution in [2.45, 2.75) is 17.7 Å². The van der Waals surface area contributed by atoms with Gasteiger partial charge in [0.25, 0.3) is 10.0 Å². The van der Waals surface area contributed by atoms with Gasteiger partial charge in [-0.3, -0.25) is 0 Å². The average molecular weight is 433 g/mol. The third kappa shape index (κ3) is 4.12. The molecule has 0 atom stereocenters. The van der Waals surface area contributed by atoms with Gasteiger partial charge < -0.3 is 14.0 Å². The summed E-state index contributed by atoms with van der Waals surface area (Å²) >= 11 is 8.14. The number of hydrogen-bond donors (Lipinski definition) is 0. The van der Waals surface area contributed by atoms with Crippen LogP contribution in [0.3, 0.4) is 0 Å². The Kier molecular flexibility index (Phi) is 6.03. The van der Waals surface area contributed by atoms with Crippen molar-refractivity contribution in [3.05, 3.63) is 39.5 Å². The molecular weight excluding hydrogens is 416 g/mol. The van der Waals surface area contributed by atoms with E-state index in [0.29, 0.717) is 34.6 Å². The maximum Gasteiger partial charge on any atom is 0.294 e. The molecule has 3 aromatic rings. The van der Waals surface area contributed by atoms with E-state index in [2.05, 4.69) is 4.40 Å². The zero-order valence-electron chi connectivity index (χ0n) is 14.1. The number of thiophene rings is 1. The second-order valence-corrected chi connectivity index (χ2v) is 9.75. The summed E-state index contributed by atoms with van der Waals surface area (Å²) in [6.45, 7) is 3.47. The Morgan fingerprint density at radius 2 is 2.04 bits per heavy atom. The quantitative estimate of drug-likeness (QED) is 0.533. The highest BCUT2D eigenvalue weighted by molar-refractivity contribution is 7.92. The Morgan fingerprint density at radius 1 is 1.23 bits per heavy atom. The number of fused-ring (bicyclic) bond motifs is 1. The molecule has 2 aromatic heterocycles. The molecule has 0 N–H and O–H groups in total. The fraction of sp³-hybridized carbons (Fsp3) is 0.312. The van der Waals surface area contributed by atoms with Crippen LogP contribution < -0.4 is 9.54 Å². The largest absolute Gasteiger partial charge is 0.497 e. The van der Waals surface area contributed by atoms with Gasteiger partial charge in [0.15, 0.2) is 0 Å². The second-order valence-electron chi connectivity index (χ2n) is 5.19. The molecule has 0 aliphatic rings. The molecule has 0 fully saturated rings. The topological polar surface area (TPSA) is 69.9 Å². The number of aromatic nitrogens is 1. The van der Waals surface area contributed by atoms with E-state index in [9.17, 15) is 8.42 Å². The van der Waals surface area contributed by atoms with Crippen molar-refractivity contribution in [2.75, 3.05) is 20.3 Å². The van der Waals surface area contributed by atoms with Crippen LogP contribution in [-0.4, -0.2) is 33.3 Å². The van der Waals surface area contributed by atoms with Crippen LogP contribution in [0.4, 0.5) is 0 Å². The molecule has 2 heterocycles. The monoisotopic (exact) mass is 432 g/mol. The molecule has 0 aliphatic heterocycles. The van der Waals surface area contributed by atoms with Crippen molar-refractivity contribution >= 4 is 54.5 Å². The number of ether oxygens (including phenoxy) is 2. The Bertz CT molecular complexity index is 1080. The summed E-state index contributed by atoms with van der Waals surface area (Å²) in [6, 6.07) is 8.61. The zero-order chi connectivity index (χ0) is 18.7. The van der Waals surface area contributed by atoms with E-state index in [-0.39, 0.29) is 4.21 Å². The Balaban J connectivity index is 2.14. The molecule has 6 nitrogen and oxygen atoms in total. The van der Waals surface area contributed by atoms with Gasteiger partial charge in [-0.15, -0.1) is 15.7 Å². The summed E-state index contributed by atoms with van der Waals surface area (Å²) in [4.78, 5) is 0.387. The second kappa shape index (κ2) is 8.10. The van der Waals surface area contributed by atoms with Gasteiger partial charge in [-0.2, -0.15) is 8.42 Å².